The molecule has 88 valence electrons. The minimum absolute atomic E-state index is 0.153. The molecule has 0 bridgehead atoms. The summed E-state index contributed by atoms with van der Waals surface area (Å²) in [5.74, 6) is 0.803. The van der Waals surface area contributed by atoms with E-state index in [-0.39, 0.29) is 11.9 Å². The van der Waals surface area contributed by atoms with E-state index < -0.39 is 0 Å². The van der Waals surface area contributed by atoms with Crippen molar-refractivity contribution >= 4 is 5.91 Å². The number of nitrogens with two attached hydrogens (primary N) is 1. The third-order valence-electron chi connectivity index (χ3n) is 2.98. The summed E-state index contributed by atoms with van der Waals surface area (Å²) in [4.78, 5) is 14.0. The Bertz CT molecular complexity index is 212. The number of hydrogen-bond donors (Lipinski definition) is 1. The SMILES string of the molecule is CCC(N)C(=O)N(CCC(C)C)C1CC1. The fourth-order valence-corrected chi connectivity index (χ4v) is 1.64. The van der Waals surface area contributed by atoms with Crippen molar-refractivity contribution in [3.63, 3.8) is 0 Å². The second-order valence-electron chi connectivity index (χ2n) is 4.96. The van der Waals surface area contributed by atoms with Gasteiger partial charge in [-0.15, -0.1) is 0 Å². The van der Waals surface area contributed by atoms with Crippen LogP contribution in [0, 0.1) is 5.92 Å². The van der Waals surface area contributed by atoms with Crippen molar-refractivity contribution in [1.82, 2.24) is 4.90 Å². The molecule has 0 aromatic carbocycles. The van der Waals surface area contributed by atoms with Crippen molar-refractivity contribution in [2.45, 2.75) is 58.5 Å². The van der Waals surface area contributed by atoms with Gasteiger partial charge in [-0.25, -0.2) is 0 Å². The summed E-state index contributed by atoms with van der Waals surface area (Å²) in [7, 11) is 0. The highest BCUT2D eigenvalue weighted by Crippen LogP contribution is 2.28. The molecule has 1 unspecified atom stereocenters. The molecular weight excluding hydrogens is 188 g/mol. The maximum absolute atomic E-state index is 12.0. The van der Waals surface area contributed by atoms with E-state index in [2.05, 4.69) is 13.8 Å². The van der Waals surface area contributed by atoms with Gasteiger partial charge in [0.1, 0.15) is 0 Å². The molecule has 0 aliphatic heterocycles. The highest BCUT2D eigenvalue weighted by molar-refractivity contribution is 5.82. The summed E-state index contributed by atoms with van der Waals surface area (Å²) in [5, 5.41) is 0. The van der Waals surface area contributed by atoms with E-state index in [4.69, 9.17) is 5.73 Å². The van der Waals surface area contributed by atoms with Crippen LogP contribution in [0.5, 0.6) is 0 Å². The van der Waals surface area contributed by atoms with Crippen molar-refractivity contribution in [2.24, 2.45) is 11.7 Å². The van der Waals surface area contributed by atoms with Gasteiger partial charge in [0, 0.05) is 12.6 Å². The Morgan fingerprint density at radius 2 is 2.07 bits per heavy atom. The predicted molar refractivity (Wildman–Crippen MR) is 62.5 cm³/mol. The summed E-state index contributed by atoms with van der Waals surface area (Å²) in [6.07, 6.45) is 4.16. The first kappa shape index (κ1) is 12.5. The van der Waals surface area contributed by atoms with E-state index in [1.807, 2.05) is 11.8 Å². The molecule has 1 fully saturated rings. The molecule has 0 radical (unpaired) electrons. The van der Waals surface area contributed by atoms with Crippen LogP contribution in [0.3, 0.4) is 0 Å². The maximum atomic E-state index is 12.0. The number of hydrogen-bond acceptors (Lipinski definition) is 2. The molecule has 2 N–H and O–H groups in total. The van der Waals surface area contributed by atoms with Gasteiger partial charge in [-0.3, -0.25) is 4.79 Å². The Labute approximate surface area is 93.0 Å². The van der Waals surface area contributed by atoms with Crippen LogP contribution in [0.15, 0.2) is 0 Å². The van der Waals surface area contributed by atoms with Crippen LogP contribution in [0.4, 0.5) is 0 Å². The minimum atomic E-state index is -0.294. The zero-order chi connectivity index (χ0) is 11.4. The van der Waals surface area contributed by atoms with Gasteiger partial charge in [0.05, 0.1) is 6.04 Å². The molecule has 0 saturated heterocycles. The first-order valence-electron chi connectivity index (χ1n) is 6.12. The molecule has 0 aromatic rings. The van der Waals surface area contributed by atoms with Crippen LogP contribution in [0.1, 0.15) is 46.5 Å². The van der Waals surface area contributed by atoms with Gasteiger partial charge < -0.3 is 10.6 Å². The van der Waals surface area contributed by atoms with Gasteiger partial charge in [-0.1, -0.05) is 20.8 Å². The van der Waals surface area contributed by atoms with Gasteiger partial charge >= 0.3 is 0 Å². The number of carbonyl (C=O) groups is 1. The lowest BCUT2D eigenvalue weighted by Gasteiger charge is -2.26. The number of rotatable bonds is 6. The molecule has 3 nitrogen and oxygen atoms in total. The van der Waals surface area contributed by atoms with E-state index >= 15 is 0 Å². The maximum Gasteiger partial charge on any atom is 0.239 e. The first-order chi connectivity index (χ1) is 7.06. The molecule has 1 rings (SSSR count). The molecular formula is C12H24N2O. The molecule has 1 saturated carbocycles. The standard InChI is InChI=1S/C12H24N2O/c1-4-11(13)12(15)14(10-5-6-10)8-7-9(2)3/h9-11H,4-8,13H2,1-3H3. The Morgan fingerprint density at radius 1 is 1.47 bits per heavy atom. The van der Waals surface area contributed by atoms with E-state index in [0.717, 1.165) is 19.4 Å². The summed E-state index contributed by atoms with van der Waals surface area (Å²) >= 11 is 0. The lowest BCUT2D eigenvalue weighted by molar-refractivity contribution is -0.133. The van der Waals surface area contributed by atoms with Crippen molar-refractivity contribution in [1.29, 1.82) is 0 Å². The van der Waals surface area contributed by atoms with Crippen molar-refractivity contribution < 1.29 is 4.79 Å². The highest BCUT2D eigenvalue weighted by Gasteiger charge is 2.33. The number of amides is 1. The Balaban J connectivity index is 2.45. The first-order valence-corrected chi connectivity index (χ1v) is 6.12. The van der Waals surface area contributed by atoms with Gasteiger partial charge in [0.2, 0.25) is 5.91 Å². The predicted octanol–water partition coefficient (Wildman–Crippen LogP) is 1.76. The molecule has 1 atom stereocenters. The average molecular weight is 212 g/mol. The quantitative estimate of drug-likeness (QED) is 0.729. The largest absolute Gasteiger partial charge is 0.338 e. The van der Waals surface area contributed by atoms with Crippen LogP contribution in [0.25, 0.3) is 0 Å². The summed E-state index contributed by atoms with van der Waals surface area (Å²) < 4.78 is 0. The third-order valence-corrected chi connectivity index (χ3v) is 2.98. The highest BCUT2D eigenvalue weighted by atomic mass is 16.2. The third kappa shape index (κ3) is 3.82. The number of nitrogens with zero attached hydrogens (tertiary/aromatic N) is 1. The van der Waals surface area contributed by atoms with Crippen molar-refractivity contribution in [3.05, 3.63) is 0 Å². The van der Waals surface area contributed by atoms with Crippen LogP contribution >= 0.6 is 0 Å². The van der Waals surface area contributed by atoms with Gasteiger partial charge in [0.15, 0.2) is 0 Å². The Hall–Kier alpha value is -0.570. The summed E-state index contributed by atoms with van der Waals surface area (Å²) in [5.41, 5.74) is 5.80. The van der Waals surface area contributed by atoms with E-state index in [1.54, 1.807) is 0 Å². The van der Waals surface area contributed by atoms with Crippen LogP contribution < -0.4 is 5.73 Å². The Morgan fingerprint density at radius 3 is 2.47 bits per heavy atom. The molecule has 1 aliphatic carbocycles. The minimum Gasteiger partial charge on any atom is -0.338 e. The molecule has 0 aromatic heterocycles. The number of carbonyl (C=O) groups excluding carboxylic acids is 1. The summed E-state index contributed by atoms with van der Waals surface area (Å²) in [6, 6.07) is 0.201. The van der Waals surface area contributed by atoms with Crippen LogP contribution in [-0.2, 0) is 4.79 Å². The second-order valence-corrected chi connectivity index (χ2v) is 4.96. The lowest BCUT2D eigenvalue weighted by Crippen LogP contribution is -2.45. The zero-order valence-electron chi connectivity index (χ0n) is 10.2. The second kappa shape index (κ2) is 5.50. The average Bonchev–Trinajstić information content (AvgIpc) is 3.00. The van der Waals surface area contributed by atoms with E-state index in [0.29, 0.717) is 12.0 Å². The topological polar surface area (TPSA) is 46.3 Å². The van der Waals surface area contributed by atoms with Crippen molar-refractivity contribution in [2.75, 3.05) is 6.54 Å². The fourth-order valence-electron chi connectivity index (χ4n) is 1.64. The lowest BCUT2D eigenvalue weighted by atomic mass is 10.1. The van der Waals surface area contributed by atoms with E-state index in [9.17, 15) is 4.79 Å². The summed E-state index contributed by atoms with van der Waals surface area (Å²) in [6.45, 7) is 7.23. The fraction of sp³-hybridized carbons (Fsp3) is 0.917. The van der Waals surface area contributed by atoms with Crippen LogP contribution in [-0.4, -0.2) is 29.4 Å². The molecule has 0 heterocycles. The molecule has 0 spiro atoms. The molecule has 1 amide bonds. The monoisotopic (exact) mass is 212 g/mol. The van der Waals surface area contributed by atoms with Crippen molar-refractivity contribution in [3.8, 4) is 0 Å². The van der Waals surface area contributed by atoms with Gasteiger partial charge in [-0.2, -0.15) is 0 Å². The molecule has 15 heavy (non-hydrogen) atoms. The normalized spacial score (nSPS) is 17.9. The zero-order valence-corrected chi connectivity index (χ0v) is 10.2. The molecule has 1 aliphatic rings. The molecule has 3 heteroatoms. The Kier molecular flexibility index (Phi) is 4.58. The van der Waals surface area contributed by atoms with Gasteiger partial charge in [0.25, 0.3) is 0 Å². The van der Waals surface area contributed by atoms with Gasteiger partial charge in [-0.05, 0) is 31.6 Å². The van der Waals surface area contributed by atoms with E-state index in [1.165, 1.54) is 12.8 Å². The van der Waals surface area contributed by atoms with Crippen LogP contribution in [0.2, 0.25) is 0 Å². The smallest absolute Gasteiger partial charge is 0.239 e.